The molecule has 1 aromatic carbocycles. The van der Waals surface area contributed by atoms with Crippen molar-refractivity contribution < 1.29 is 9.53 Å². The number of amides is 1. The van der Waals surface area contributed by atoms with Crippen LogP contribution in [0.3, 0.4) is 0 Å². The SMILES string of the molecule is Cc1cc(N2CCc3cc(Cl)cc([C@@H]4CCCN4C(=O)OC(C)(C)C)c3C2)cc(C)n1. The van der Waals surface area contributed by atoms with Gasteiger partial charge in [0.25, 0.3) is 0 Å². The van der Waals surface area contributed by atoms with Crippen LogP contribution in [0.25, 0.3) is 0 Å². The maximum absolute atomic E-state index is 12.9. The molecule has 5 nitrogen and oxygen atoms in total. The molecule has 0 saturated carbocycles. The zero-order valence-electron chi connectivity index (χ0n) is 19.2. The molecule has 1 fully saturated rings. The molecule has 0 spiro atoms. The fraction of sp³-hybridized carbons (Fsp3) is 0.520. The van der Waals surface area contributed by atoms with Crippen molar-refractivity contribution in [3.63, 3.8) is 0 Å². The zero-order valence-corrected chi connectivity index (χ0v) is 19.9. The van der Waals surface area contributed by atoms with E-state index < -0.39 is 5.60 Å². The summed E-state index contributed by atoms with van der Waals surface area (Å²) in [5, 5.41) is 0.744. The average molecular weight is 442 g/mol. The molecule has 166 valence electrons. The molecular weight excluding hydrogens is 410 g/mol. The second-order valence-electron chi connectivity index (χ2n) is 9.74. The quantitative estimate of drug-likeness (QED) is 0.574. The largest absolute Gasteiger partial charge is 0.444 e. The van der Waals surface area contributed by atoms with Gasteiger partial charge in [0, 0.05) is 41.7 Å². The third-order valence-corrected chi connectivity index (χ3v) is 6.23. The first kappa shape index (κ1) is 21.9. The van der Waals surface area contributed by atoms with E-state index in [1.54, 1.807) is 0 Å². The zero-order chi connectivity index (χ0) is 22.3. The van der Waals surface area contributed by atoms with Crippen molar-refractivity contribution in [3.05, 3.63) is 57.4 Å². The first-order valence-corrected chi connectivity index (χ1v) is 11.5. The number of aromatic nitrogens is 1. The molecular formula is C25H32ClN3O2. The summed E-state index contributed by atoms with van der Waals surface area (Å²) in [5.74, 6) is 0. The summed E-state index contributed by atoms with van der Waals surface area (Å²) in [6.07, 6.45) is 2.59. The predicted octanol–water partition coefficient (Wildman–Crippen LogP) is 5.99. The van der Waals surface area contributed by atoms with Crippen molar-refractivity contribution in [2.24, 2.45) is 0 Å². The van der Waals surface area contributed by atoms with Crippen molar-refractivity contribution in [1.82, 2.24) is 9.88 Å². The Balaban J connectivity index is 1.67. The minimum Gasteiger partial charge on any atom is -0.444 e. The molecule has 0 radical (unpaired) electrons. The second kappa shape index (κ2) is 8.34. The van der Waals surface area contributed by atoms with E-state index in [2.05, 4.69) is 34.1 Å². The Morgan fingerprint density at radius 2 is 1.84 bits per heavy atom. The molecule has 1 amide bonds. The molecule has 2 aliphatic rings. The van der Waals surface area contributed by atoms with Gasteiger partial charge < -0.3 is 14.5 Å². The van der Waals surface area contributed by atoms with Crippen molar-refractivity contribution in [3.8, 4) is 0 Å². The number of fused-ring (bicyclic) bond motifs is 1. The molecule has 1 atom stereocenters. The number of nitrogens with zero attached hydrogens (tertiary/aromatic N) is 3. The summed E-state index contributed by atoms with van der Waals surface area (Å²) in [5.41, 5.74) is 6.50. The van der Waals surface area contributed by atoms with Crippen molar-refractivity contribution in [1.29, 1.82) is 0 Å². The van der Waals surface area contributed by atoms with Crippen LogP contribution < -0.4 is 4.90 Å². The van der Waals surface area contributed by atoms with Gasteiger partial charge in [0.2, 0.25) is 0 Å². The lowest BCUT2D eigenvalue weighted by molar-refractivity contribution is 0.0224. The topological polar surface area (TPSA) is 45.7 Å². The number of rotatable bonds is 2. The Morgan fingerprint density at radius 3 is 2.52 bits per heavy atom. The van der Waals surface area contributed by atoms with Gasteiger partial charge in [0.05, 0.1) is 6.04 Å². The van der Waals surface area contributed by atoms with Crippen molar-refractivity contribution >= 4 is 23.4 Å². The molecule has 2 aliphatic heterocycles. The van der Waals surface area contributed by atoms with Crippen LogP contribution in [-0.4, -0.2) is 34.7 Å². The summed E-state index contributed by atoms with van der Waals surface area (Å²) in [6.45, 7) is 12.3. The molecule has 1 saturated heterocycles. The molecule has 4 rings (SSSR count). The van der Waals surface area contributed by atoms with Gasteiger partial charge >= 0.3 is 6.09 Å². The van der Waals surface area contributed by atoms with E-state index in [-0.39, 0.29) is 12.1 Å². The number of carbonyl (C=O) groups excluding carboxylic acids is 1. The smallest absolute Gasteiger partial charge is 0.410 e. The lowest BCUT2D eigenvalue weighted by Crippen LogP contribution is -2.37. The van der Waals surface area contributed by atoms with Gasteiger partial charge in [0.1, 0.15) is 5.60 Å². The van der Waals surface area contributed by atoms with Gasteiger partial charge in [-0.05, 0) is 94.8 Å². The second-order valence-corrected chi connectivity index (χ2v) is 10.2. The number of anilines is 1. The monoisotopic (exact) mass is 441 g/mol. The first-order chi connectivity index (χ1) is 14.6. The normalized spacial score (nSPS) is 18.8. The van der Waals surface area contributed by atoms with E-state index in [1.807, 2.05) is 39.5 Å². The number of hydrogen-bond donors (Lipinski definition) is 0. The van der Waals surface area contributed by atoms with Gasteiger partial charge in [-0.15, -0.1) is 0 Å². The highest BCUT2D eigenvalue weighted by Crippen LogP contribution is 2.39. The van der Waals surface area contributed by atoms with Crippen LogP contribution in [-0.2, 0) is 17.7 Å². The van der Waals surface area contributed by atoms with Crippen molar-refractivity contribution in [2.45, 2.75) is 72.1 Å². The Bertz CT molecular complexity index is 979. The number of halogens is 1. The molecule has 3 heterocycles. The van der Waals surface area contributed by atoms with Gasteiger partial charge in [-0.2, -0.15) is 0 Å². The molecule has 0 aliphatic carbocycles. The fourth-order valence-corrected chi connectivity index (χ4v) is 5.05. The van der Waals surface area contributed by atoms with Gasteiger partial charge in [0.15, 0.2) is 0 Å². The highest BCUT2D eigenvalue weighted by atomic mass is 35.5. The lowest BCUT2D eigenvalue weighted by Gasteiger charge is -2.35. The Labute approximate surface area is 190 Å². The van der Waals surface area contributed by atoms with Gasteiger partial charge in [-0.1, -0.05) is 11.6 Å². The Hall–Kier alpha value is -2.27. The first-order valence-electron chi connectivity index (χ1n) is 11.1. The minimum absolute atomic E-state index is 0.00293. The van der Waals surface area contributed by atoms with E-state index in [4.69, 9.17) is 16.3 Å². The van der Waals surface area contributed by atoms with Crippen LogP contribution in [0, 0.1) is 13.8 Å². The maximum Gasteiger partial charge on any atom is 0.410 e. The van der Waals surface area contributed by atoms with E-state index in [0.717, 1.165) is 54.3 Å². The van der Waals surface area contributed by atoms with E-state index in [0.29, 0.717) is 6.54 Å². The Kier molecular flexibility index (Phi) is 5.91. The number of benzene rings is 1. The third-order valence-electron chi connectivity index (χ3n) is 6.01. The number of likely N-dealkylation sites (tertiary alicyclic amines) is 1. The van der Waals surface area contributed by atoms with Crippen LogP contribution in [0.4, 0.5) is 10.5 Å². The molecule has 0 N–H and O–H groups in total. The number of ether oxygens (including phenoxy) is 1. The summed E-state index contributed by atoms with van der Waals surface area (Å²) < 4.78 is 5.70. The number of carbonyl (C=O) groups is 1. The van der Waals surface area contributed by atoms with Crippen LogP contribution in [0.5, 0.6) is 0 Å². The lowest BCUT2D eigenvalue weighted by atomic mass is 9.90. The summed E-state index contributed by atoms with van der Waals surface area (Å²) in [6, 6.07) is 8.45. The highest BCUT2D eigenvalue weighted by molar-refractivity contribution is 6.30. The van der Waals surface area contributed by atoms with Crippen molar-refractivity contribution in [2.75, 3.05) is 18.0 Å². The molecule has 0 unspecified atom stereocenters. The van der Waals surface area contributed by atoms with Gasteiger partial charge in [-0.3, -0.25) is 4.98 Å². The highest BCUT2D eigenvalue weighted by Gasteiger charge is 2.35. The number of aryl methyl sites for hydroxylation is 2. The van der Waals surface area contributed by atoms with E-state index in [1.165, 1.54) is 16.8 Å². The predicted molar refractivity (Wildman–Crippen MR) is 125 cm³/mol. The maximum atomic E-state index is 12.9. The number of pyridine rings is 1. The molecule has 0 bridgehead atoms. The van der Waals surface area contributed by atoms with E-state index in [9.17, 15) is 4.79 Å². The van der Waals surface area contributed by atoms with Crippen LogP contribution in [0.1, 0.15) is 67.7 Å². The average Bonchev–Trinajstić information content (AvgIpc) is 3.14. The standard InChI is InChI=1S/C25H32ClN3O2/c1-16-11-20(12-17(2)27-16)28-10-8-18-13-19(26)14-21(22(18)15-28)23-7-6-9-29(23)24(30)31-25(3,4)5/h11-14,23H,6-10,15H2,1-5H3/t23-/m0/s1. The minimum atomic E-state index is -0.508. The van der Waals surface area contributed by atoms with Crippen LogP contribution >= 0.6 is 11.6 Å². The molecule has 1 aromatic heterocycles. The van der Waals surface area contributed by atoms with Crippen LogP contribution in [0.15, 0.2) is 24.3 Å². The molecule has 31 heavy (non-hydrogen) atoms. The van der Waals surface area contributed by atoms with Crippen LogP contribution in [0.2, 0.25) is 5.02 Å². The molecule has 2 aromatic rings. The molecule has 6 heteroatoms. The summed E-state index contributed by atoms with van der Waals surface area (Å²) >= 11 is 6.53. The summed E-state index contributed by atoms with van der Waals surface area (Å²) in [7, 11) is 0. The fourth-order valence-electron chi connectivity index (χ4n) is 4.80. The third kappa shape index (κ3) is 4.82. The number of hydrogen-bond acceptors (Lipinski definition) is 4. The Morgan fingerprint density at radius 1 is 1.13 bits per heavy atom. The van der Waals surface area contributed by atoms with Gasteiger partial charge in [-0.25, -0.2) is 4.79 Å². The van der Waals surface area contributed by atoms with E-state index >= 15 is 0 Å². The summed E-state index contributed by atoms with van der Waals surface area (Å²) in [4.78, 5) is 21.7.